The Balaban J connectivity index is 2.42. The van der Waals surface area contributed by atoms with Gasteiger partial charge >= 0.3 is 0 Å². The predicted octanol–water partition coefficient (Wildman–Crippen LogP) is 2.97. The number of hydrogen-bond acceptors (Lipinski definition) is 0. The third kappa shape index (κ3) is 2.42. The molecule has 3 heteroatoms. The van der Waals surface area contributed by atoms with Gasteiger partial charge in [-0.1, -0.05) is 12.1 Å². The first-order valence-electron chi connectivity index (χ1n) is 4.88. The lowest BCUT2D eigenvalue weighted by atomic mass is 10.2. The van der Waals surface area contributed by atoms with Crippen LogP contribution >= 0.6 is 23.2 Å². The van der Waals surface area contributed by atoms with Crippen LogP contribution in [0.3, 0.4) is 0 Å². The number of rotatable bonds is 3. The van der Waals surface area contributed by atoms with Crippen LogP contribution in [0.2, 0.25) is 0 Å². The number of benzene rings is 1. The fourth-order valence-corrected chi connectivity index (χ4v) is 1.89. The van der Waals surface area contributed by atoms with E-state index in [9.17, 15) is 0 Å². The zero-order valence-corrected chi connectivity index (χ0v) is 9.75. The molecule has 0 aliphatic heterocycles. The normalized spacial score (nSPS) is 12.9. The van der Waals surface area contributed by atoms with Crippen LogP contribution in [0.5, 0.6) is 0 Å². The fraction of sp³-hybridized carbons (Fsp3) is 0.250. The predicted molar refractivity (Wildman–Crippen MR) is 64.5 cm³/mol. The molecule has 78 valence electrons. The van der Waals surface area contributed by atoms with E-state index in [1.54, 1.807) is 0 Å². The van der Waals surface area contributed by atoms with Crippen LogP contribution in [0.25, 0.3) is 10.9 Å². The first kappa shape index (κ1) is 10.7. The molecular formula is C12H12Cl2N+. The lowest BCUT2D eigenvalue weighted by Crippen LogP contribution is -2.38. The average Bonchev–Trinajstić information content (AvgIpc) is 2.29. The summed E-state index contributed by atoms with van der Waals surface area (Å²) in [7, 11) is 0. The van der Waals surface area contributed by atoms with Crippen molar-refractivity contribution in [3.05, 3.63) is 42.6 Å². The van der Waals surface area contributed by atoms with Gasteiger partial charge in [0.1, 0.15) is 5.38 Å². The van der Waals surface area contributed by atoms with Crippen molar-refractivity contribution in [3.63, 3.8) is 0 Å². The minimum absolute atomic E-state index is 0.0255. The second kappa shape index (κ2) is 4.82. The van der Waals surface area contributed by atoms with E-state index in [1.807, 2.05) is 24.4 Å². The number of pyridine rings is 1. The number of hydrogen-bond donors (Lipinski definition) is 0. The summed E-state index contributed by atoms with van der Waals surface area (Å²) in [6.07, 6.45) is 2.03. The number of alkyl halides is 2. The Morgan fingerprint density at radius 3 is 2.67 bits per heavy atom. The lowest BCUT2D eigenvalue weighted by molar-refractivity contribution is -0.670. The summed E-state index contributed by atoms with van der Waals surface area (Å²) in [6, 6.07) is 12.4. The van der Waals surface area contributed by atoms with Gasteiger partial charge in [0.05, 0.1) is 0 Å². The number of halogens is 2. The van der Waals surface area contributed by atoms with Crippen LogP contribution in [0.4, 0.5) is 0 Å². The van der Waals surface area contributed by atoms with E-state index in [0.717, 1.165) is 6.54 Å². The zero-order chi connectivity index (χ0) is 10.7. The van der Waals surface area contributed by atoms with Gasteiger partial charge in [-0.05, 0) is 12.1 Å². The van der Waals surface area contributed by atoms with Crippen molar-refractivity contribution >= 4 is 34.1 Å². The highest BCUT2D eigenvalue weighted by atomic mass is 35.5. The molecule has 1 nitrogen and oxygen atoms in total. The quantitative estimate of drug-likeness (QED) is 0.574. The van der Waals surface area contributed by atoms with E-state index in [4.69, 9.17) is 23.2 Å². The third-order valence-corrected chi connectivity index (χ3v) is 3.17. The smallest absolute Gasteiger partial charge is 0.197 e. The number of aromatic nitrogens is 1. The zero-order valence-electron chi connectivity index (χ0n) is 8.24. The standard InChI is InChI=1S/C12H12Cl2N/c13-8-11(14)9-15-7-3-5-10-4-1-2-6-12(10)15/h1-7,11H,8-9H2/q+1/t11-/m1/s1. The van der Waals surface area contributed by atoms with E-state index in [0.29, 0.717) is 5.88 Å². The maximum atomic E-state index is 6.05. The molecule has 1 aromatic carbocycles. The lowest BCUT2D eigenvalue weighted by Gasteiger charge is -2.03. The van der Waals surface area contributed by atoms with Crippen LogP contribution in [-0.4, -0.2) is 11.3 Å². The molecule has 0 radical (unpaired) electrons. The molecule has 0 fully saturated rings. The summed E-state index contributed by atoms with van der Waals surface area (Å²) in [5, 5.41) is 1.20. The van der Waals surface area contributed by atoms with Crippen molar-refractivity contribution < 1.29 is 4.57 Å². The highest BCUT2D eigenvalue weighted by Crippen LogP contribution is 2.09. The molecule has 0 spiro atoms. The highest BCUT2D eigenvalue weighted by molar-refractivity contribution is 6.27. The molecule has 1 atom stereocenters. The van der Waals surface area contributed by atoms with Gasteiger partial charge in [0.2, 0.25) is 5.52 Å². The molecular weight excluding hydrogens is 229 g/mol. The molecule has 1 aromatic heterocycles. The molecule has 1 heterocycles. The maximum absolute atomic E-state index is 6.05. The van der Waals surface area contributed by atoms with Gasteiger partial charge < -0.3 is 0 Å². The molecule has 0 saturated heterocycles. The minimum Gasteiger partial charge on any atom is -0.197 e. The summed E-state index contributed by atoms with van der Waals surface area (Å²) in [5.41, 5.74) is 1.19. The van der Waals surface area contributed by atoms with E-state index in [-0.39, 0.29) is 5.38 Å². The van der Waals surface area contributed by atoms with Gasteiger partial charge in [0.15, 0.2) is 12.7 Å². The van der Waals surface area contributed by atoms with Gasteiger partial charge in [0.25, 0.3) is 0 Å². The van der Waals surface area contributed by atoms with E-state index in [1.165, 1.54) is 10.9 Å². The van der Waals surface area contributed by atoms with Crippen molar-refractivity contribution in [1.29, 1.82) is 0 Å². The Morgan fingerprint density at radius 1 is 1.13 bits per heavy atom. The number of para-hydroxylation sites is 1. The second-order valence-corrected chi connectivity index (χ2v) is 4.40. The van der Waals surface area contributed by atoms with Gasteiger partial charge in [-0.2, -0.15) is 4.57 Å². The van der Waals surface area contributed by atoms with Crippen LogP contribution in [0.1, 0.15) is 0 Å². The molecule has 0 aliphatic rings. The highest BCUT2D eigenvalue weighted by Gasteiger charge is 2.12. The van der Waals surface area contributed by atoms with E-state index in [2.05, 4.69) is 22.8 Å². The molecule has 0 aliphatic carbocycles. The monoisotopic (exact) mass is 240 g/mol. The molecule has 2 aromatic rings. The number of nitrogens with zero attached hydrogens (tertiary/aromatic N) is 1. The summed E-state index contributed by atoms with van der Waals surface area (Å²) >= 11 is 11.8. The minimum atomic E-state index is -0.0255. The molecule has 0 amide bonds. The van der Waals surface area contributed by atoms with Gasteiger partial charge in [-0.3, -0.25) is 0 Å². The van der Waals surface area contributed by atoms with E-state index >= 15 is 0 Å². The largest absolute Gasteiger partial charge is 0.212 e. The summed E-state index contributed by atoms with van der Waals surface area (Å²) in [4.78, 5) is 0. The van der Waals surface area contributed by atoms with E-state index < -0.39 is 0 Å². The van der Waals surface area contributed by atoms with Crippen molar-refractivity contribution in [3.8, 4) is 0 Å². The summed E-state index contributed by atoms with van der Waals surface area (Å²) in [6.45, 7) is 0.742. The van der Waals surface area contributed by atoms with Gasteiger partial charge in [-0.15, -0.1) is 23.2 Å². The Kier molecular flexibility index (Phi) is 3.45. The summed E-state index contributed by atoms with van der Waals surface area (Å²) < 4.78 is 2.13. The molecule has 15 heavy (non-hydrogen) atoms. The Bertz CT molecular complexity index is 451. The van der Waals surface area contributed by atoms with Crippen LogP contribution in [0.15, 0.2) is 42.6 Å². The molecule has 0 bridgehead atoms. The third-order valence-electron chi connectivity index (χ3n) is 2.35. The fourth-order valence-electron chi connectivity index (χ4n) is 1.64. The Labute approximate surface area is 99.2 Å². The molecule has 2 rings (SSSR count). The van der Waals surface area contributed by atoms with Crippen molar-refractivity contribution in [2.24, 2.45) is 0 Å². The maximum Gasteiger partial charge on any atom is 0.212 e. The molecule has 0 saturated carbocycles. The van der Waals surface area contributed by atoms with Crippen molar-refractivity contribution in [1.82, 2.24) is 0 Å². The SMILES string of the molecule is ClC[C@@H](Cl)C[n+]1cccc2ccccc21. The topological polar surface area (TPSA) is 3.88 Å². The number of fused-ring (bicyclic) bond motifs is 1. The summed E-state index contributed by atoms with van der Waals surface area (Å²) in [5.74, 6) is 0.470. The Morgan fingerprint density at radius 2 is 1.87 bits per heavy atom. The van der Waals surface area contributed by atoms with Crippen LogP contribution in [-0.2, 0) is 6.54 Å². The van der Waals surface area contributed by atoms with Crippen molar-refractivity contribution in [2.45, 2.75) is 11.9 Å². The first-order valence-corrected chi connectivity index (χ1v) is 5.85. The van der Waals surface area contributed by atoms with Crippen LogP contribution < -0.4 is 4.57 Å². The Hall–Kier alpha value is -0.790. The first-order chi connectivity index (χ1) is 7.31. The van der Waals surface area contributed by atoms with Crippen molar-refractivity contribution in [2.75, 3.05) is 5.88 Å². The van der Waals surface area contributed by atoms with Gasteiger partial charge in [0, 0.05) is 23.4 Å². The molecule has 0 N–H and O–H groups in total. The second-order valence-electron chi connectivity index (χ2n) is 3.47. The van der Waals surface area contributed by atoms with Gasteiger partial charge in [-0.25, -0.2) is 0 Å². The van der Waals surface area contributed by atoms with Crippen LogP contribution in [0, 0.1) is 0 Å². The average molecular weight is 241 g/mol. The molecule has 0 unspecified atom stereocenters.